The lowest BCUT2D eigenvalue weighted by Gasteiger charge is -2.07. The third-order valence-electron chi connectivity index (χ3n) is 3.54. The van der Waals surface area contributed by atoms with Crippen molar-refractivity contribution >= 4 is 17.9 Å². The van der Waals surface area contributed by atoms with E-state index in [1.54, 1.807) is 6.20 Å². The zero-order valence-corrected chi connectivity index (χ0v) is 13.6. The molecule has 1 aliphatic rings. The first-order valence-corrected chi connectivity index (χ1v) is 8.14. The third-order valence-corrected chi connectivity index (χ3v) is 3.54. The SMILES string of the molecule is CCCOCCCNC=CC1=C(C=O)CC=Cc2cccnc21. The molecule has 4 heteroatoms. The zero-order valence-electron chi connectivity index (χ0n) is 13.6. The molecule has 0 saturated carbocycles. The second kappa shape index (κ2) is 9.74. The monoisotopic (exact) mass is 312 g/mol. The van der Waals surface area contributed by atoms with Crippen molar-refractivity contribution in [3.05, 3.63) is 53.5 Å². The van der Waals surface area contributed by atoms with Gasteiger partial charge in [-0.1, -0.05) is 25.1 Å². The predicted molar refractivity (Wildman–Crippen MR) is 93.7 cm³/mol. The first kappa shape index (κ1) is 17.2. The van der Waals surface area contributed by atoms with Crippen LogP contribution >= 0.6 is 0 Å². The van der Waals surface area contributed by atoms with E-state index in [1.165, 1.54) is 0 Å². The predicted octanol–water partition coefficient (Wildman–Crippen LogP) is 3.37. The highest BCUT2D eigenvalue weighted by Gasteiger charge is 2.12. The highest BCUT2D eigenvalue weighted by molar-refractivity contribution is 5.94. The van der Waals surface area contributed by atoms with Crippen molar-refractivity contribution in [3.8, 4) is 0 Å². The molecule has 4 nitrogen and oxygen atoms in total. The summed E-state index contributed by atoms with van der Waals surface area (Å²) < 4.78 is 5.44. The quantitative estimate of drug-likeness (QED) is 0.561. The van der Waals surface area contributed by atoms with E-state index in [0.717, 1.165) is 61.3 Å². The van der Waals surface area contributed by atoms with Crippen LogP contribution in [0.5, 0.6) is 0 Å². The summed E-state index contributed by atoms with van der Waals surface area (Å²) in [6.45, 7) is 4.54. The minimum Gasteiger partial charge on any atom is -0.391 e. The smallest absolute Gasteiger partial charge is 0.147 e. The molecule has 1 heterocycles. The van der Waals surface area contributed by atoms with Crippen molar-refractivity contribution in [2.45, 2.75) is 26.2 Å². The number of rotatable bonds is 9. The lowest BCUT2D eigenvalue weighted by molar-refractivity contribution is -0.104. The lowest BCUT2D eigenvalue weighted by atomic mass is 10.0. The summed E-state index contributed by atoms with van der Waals surface area (Å²) in [5.41, 5.74) is 3.53. The summed E-state index contributed by atoms with van der Waals surface area (Å²) in [5, 5.41) is 3.25. The van der Waals surface area contributed by atoms with Gasteiger partial charge in [0.1, 0.15) is 6.29 Å². The first-order valence-electron chi connectivity index (χ1n) is 8.14. The Balaban J connectivity index is 1.98. The van der Waals surface area contributed by atoms with E-state index in [4.69, 9.17) is 4.74 Å². The topological polar surface area (TPSA) is 51.2 Å². The molecule has 0 fully saturated rings. The Hall–Kier alpha value is -2.20. The molecule has 23 heavy (non-hydrogen) atoms. The van der Waals surface area contributed by atoms with Crippen molar-refractivity contribution in [3.63, 3.8) is 0 Å². The van der Waals surface area contributed by atoms with Gasteiger partial charge in [0, 0.05) is 42.7 Å². The Kier molecular flexibility index (Phi) is 7.27. The van der Waals surface area contributed by atoms with Crippen molar-refractivity contribution < 1.29 is 9.53 Å². The molecular formula is C19H24N2O2. The van der Waals surface area contributed by atoms with Gasteiger partial charge in [-0.2, -0.15) is 0 Å². The van der Waals surface area contributed by atoms with Gasteiger partial charge in [0.25, 0.3) is 0 Å². The molecule has 0 bridgehead atoms. The number of nitrogens with zero attached hydrogens (tertiary/aromatic N) is 1. The molecule has 1 N–H and O–H groups in total. The average molecular weight is 312 g/mol. The van der Waals surface area contributed by atoms with Crippen LogP contribution in [0.3, 0.4) is 0 Å². The minimum atomic E-state index is 0.629. The van der Waals surface area contributed by atoms with Crippen molar-refractivity contribution in [2.75, 3.05) is 19.8 Å². The zero-order chi connectivity index (χ0) is 16.3. The summed E-state index contributed by atoms with van der Waals surface area (Å²) in [5.74, 6) is 0. The summed E-state index contributed by atoms with van der Waals surface area (Å²) in [7, 11) is 0. The molecule has 0 atom stereocenters. The Morgan fingerprint density at radius 3 is 3.13 bits per heavy atom. The summed E-state index contributed by atoms with van der Waals surface area (Å²) >= 11 is 0. The van der Waals surface area contributed by atoms with Crippen molar-refractivity contribution in [1.29, 1.82) is 0 Å². The summed E-state index contributed by atoms with van der Waals surface area (Å²) in [4.78, 5) is 15.8. The molecule has 1 aromatic heterocycles. The number of hydrogen-bond acceptors (Lipinski definition) is 4. The highest BCUT2D eigenvalue weighted by atomic mass is 16.5. The number of carbonyl (C=O) groups is 1. The molecule has 0 radical (unpaired) electrons. The molecule has 1 aromatic rings. The fourth-order valence-corrected chi connectivity index (χ4v) is 2.40. The Labute approximate surface area is 138 Å². The second-order valence-electron chi connectivity index (χ2n) is 5.36. The fourth-order valence-electron chi connectivity index (χ4n) is 2.40. The normalized spacial score (nSPS) is 14.0. The highest BCUT2D eigenvalue weighted by Crippen LogP contribution is 2.27. The van der Waals surface area contributed by atoms with E-state index in [2.05, 4.69) is 17.2 Å². The number of pyridine rings is 1. The van der Waals surface area contributed by atoms with Crippen LogP contribution in [0.1, 0.15) is 37.4 Å². The van der Waals surface area contributed by atoms with Gasteiger partial charge in [-0.25, -0.2) is 0 Å². The maximum Gasteiger partial charge on any atom is 0.147 e. The van der Waals surface area contributed by atoms with Gasteiger partial charge in [-0.15, -0.1) is 0 Å². The van der Waals surface area contributed by atoms with E-state index in [-0.39, 0.29) is 0 Å². The van der Waals surface area contributed by atoms with Gasteiger partial charge >= 0.3 is 0 Å². The second-order valence-corrected chi connectivity index (χ2v) is 5.36. The molecule has 2 rings (SSSR count). The summed E-state index contributed by atoms with van der Waals surface area (Å²) in [6.07, 6.45) is 13.2. The van der Waals surface area contributed by atoms with E-state index in [0.29, 0.717) is 6.42 Å². The van der Waals surface area contributed by atoms with Crippen LogP contribution < -0.4 is 5.32 Å². The van der Waals surface area contributed by atoms with Crippen LogP contribution in [-0.4, -0.2) is 31.0 Å². The number of carbonyl (C=O) groups excluding carboxylic acids is 1. The van der Waals surface area contributed by atoms with E-state index in [1.807, 2.05) is 36.6 Å². The Bertz CT molecular complexity index is 603. The van der Waals surface area contributed by atoms with Gasteiger partial charge in [-0.05, 0) is 37.6 Å². The van der Waals surface area contributed by atoms with Crippen LogP contribution in [0.2, 0.25) is 0 Å². The van der Waals surface area contributed by atoms with E-state index < -0.39 is 0 Å². The lowest BCUT2D eigenvalue weighted by Crippen LogP contribution is -2.10. The summed E-state index contributed by atoms with van der Waals surface area (Å²) in [6, 6.07) is 3.92. The largest absolute Gasteiger partial charge is 0.391 e. The molecule has 1 aliphatic carbocycles. The number of aldehydes is 1. The molecule has 0 saturated heterocycles. The van der Waals surface area contributed by atoms with Gasteiger partial charge in [-0.3, -0.25) is 9.78 Å². The average Bonchev–Trinajstić information content (AvgIpc) is 2.76. The van der Waals surface area contributed by atoms with Crippen molar-refractivity contribution in [1.82, 2.24) is 10.3 Å². The molecule has 0 amide bonds. The number of allylic oxidation sites excluding steroid dienone is 4. The number of nitrogens with one attached hydrogen (secondary N) is 1. The fraction of sp³-hybridized carbons (Fsp3) is 0.368. The molecule has 0 spiro atoms. The van der Waals surface area contributed by atoms with Gasteiger partial charge in [0.05, 0.1) is 5.69 Å². The maximum atomic E-state index is 11.4. The number of ether oxygens (including phenoxy) is 1. The van der Waals surface area contributed by atoms with Crippen molar-refractivity contribution in [2.24, 2.45) is 0 Å². The first-order chi connectivity index (χ1) is 11.4. The minimum absolute atomic E-state index is 0.629. The molecule has 122 valence electrons. The van der Waals surface area contributed by atoms with Crippen LogP contribution in [0.4, 0.5) is 0 Å². The van der Waals surface area contributed by atoms with Gasteiger partial charge in [0.2, 0.25) is 0 Å². The van der Waals surface area contributed by atoms with Gasteiger partial charge < -0.3 is 10.1 Å². The standard InChI is InChI=1S/C19H24N2O2/c1-2-13-23-14-5-10-20-12-9-18-17(15-22)7-3-6-16-8-4-11-21-19(16)18/h3-4,6,8-9,11-12,15,20H,2,5,7,10,13-14H2,1H3. The van der Waals surface area contributed by atoms with Crippen LogP contribution in [-0.2, 0) is 9.53 Å². The van der Waals surface area contributed by atoms with Crippen LogP contribution in [0.25, 0.3) is 11.6 Å². The van der Waals surface area contributed by atoms with E-state index in [9.17, 15) is 4.79 Å². The Morgan fingerprint density at radius 2 is 2.30 bits per heavy atom. The van der Waals surface area contributed by atoms with Crippen LogP contribution in [0.15, 0.2) is 42.3 Å². The third kappa shape index (κ3) is 5.18. The Morgan fingerprint density at radius 1 is 1.39 bits per heavy atom. The molecule has 0 aromatic carbocycles. The number of fused-ring (bicyclic) bond motifs is 1. The van der Waals surface area contributed by atoms with Gasteiger partial charge in [0.15, 0.2) is 0 Å². The molecule has 0 aliphatic heterocycles. The number of hydrogen-bond donors (Lipinski definition) is 1. The maximum absolute atomic E-state index is 11.4. The van der Waals surface area contributed by atoms with E-state index >= 15 is 0 Å². The van der Waals surface area contributed by atoms with Crippen LogP contribution in [0, 0.1) is 0 Å². The number of aromatic nitrogens is 1. The molecule has 0 unspecified atom stereocenters. The molecular weight excluding hydrogens is 288 g/mol.